The van der Waals surface area contributed by atoms with Gasteiger partial charge in [0, 0.05) is 25.8 Å². The van der Waals surface area contributed by atoms with Crippen LogP contribution in [0.5, 0.6) is 0 Å². The fraction of sp³-hybridized carbons (Fsp3) is 0.385. The van der Waals surface area contributed by atoms with Crippen LogP contribution in [0.25, 0.3) is 0 Å². The zero-order valence-corrected chi connectivity index (χ0v) is 11.5. The number of aryl methyl sites for hydroxylation is 1. The molecule has 6 nitrogen and oxygen atoms in total. The van der Waals surface area contributed by atoms with Crippen LogP contribution in [0.3, 0.4) is 0 Å². The van der Waals surface area contributed by atoms with Crippen LogP contribution in [0.1, 0.15) is 13.8 Å². The van der Waals surface area contributed by atoms with Gasteiger partial charge in [-0.05, 0) is 38.1 Å². The second-order valence-electron chi connectivity index (χ2n) is 4.07. The van der Waals surface area contributed by atoms with Gasteiger partial charge in [-0.2, -0.15) is 10.1 Å². The number of aromatic nitrogens is 3. The van der Waals surface area contributed by atoms with Crippen molar-refractivity contribution in [3.8, 4) is 0 Å². The minimum absolute atomic E-state index is 0.493. The molecule has 0 atom stereocenters. The smallest absolute Gasteiger partial charge is 0.267 e. The van der Waals surface area contributed by atoms with E-state index < -0.39 is 0 Å². The summed E-state index contributed by atoms with van der Waals surface area (Å²) in [5.41, 5.74) is 2.00. The number of anilines is 1. The number of benzene rings is 1. The minimum Gasteiger partial charge on any atom is -0.372 e. The second-order valence-corrected chi connectivity index (χ2v) is 4.07. The molecule has 0 amide bonds. The Labute approximate surface area is 112 Å². The van der Waals surface area contributed by atoms with E-state index in [0.717, 1.165) is 18.8 Å². The molecule has 100 valence electrons. The fourth-order valence-electron chi connectivity index (χ4n) is 1.80. The van der Waals surface area contributed by atoms with Gasteiger partial charge in [0.05, 0.1) is 5.69 Å². The van der Waals surface area contributed by atoms with E-state index in [1.54, 1.807) is 11.7 Å². The van der Waals surface area contributed by atoms with E-state index >= 15 is 0 Å². The quantitative estimate of drug-likeness (QED) is 0.774. The van der Waals surface area contributed by atoms with Crippen LogP contribution in [-0.4, -0.2) is 27.9 Å². The molecule has 1 heterocycles. The Morgan fingerprint density at radius 3 is 2.32 bits per heavy atom. The van der Waals surface area contributed by atoms with Gasteiger partial charge < -0.3 is 4.90 Å². The topological polar surface area (TPSA) is 58.7 Å². The standard InChI is InChI=1S/C13H18N6/c1-4-19(5-2)12-8-6-11(7-9-12)16-17-13-14-10-15-18(13)3/h6-10H,4-5H2,1-3H3. The SMILES string of the molecule is CCN(CC)c1ccc(N=Nc2ncnn2C)cc1. The molecule has 0 bridgehead atoms. The Balaban J connectivity index is 2.11. The fourth-order valence-corrected chi connectivity index (χ4v) is 1.80. The van der Waals surface area contributed by atoms with Crippen molar-refractivity contribution in [3.05, 3.63) is 30.6 Å². The lowest BCUT2D eigenvalue weighted by Gasteiger charge is -2.20. The average Bonchev–Trinajstić information content (AvgIpc) is 2.85. The summed E-state index contributed by atoms with van der Waals surface area (Å²) in [5, 5.41) is 12.1. The summed E-state index contributed by atoms with van der Waals surface area (Å²) in [6.45, 7) is 6.28. The molecule has 0 saturated carbocycles. The molecular formula is C13H18N6. The molecular weight excluding hydrogens is 240 g/mol. The van der Waals surface area contributed by atoms with E-state index in [9.17, 15) is 0 Å². The van der Waals surface area contributed by atoms with Gasteiger partial charge in [0.1, 0.15) is 6.33 Å². The number of nitrogens with zero attached hydrogens (tertiary/aromatic N) is 6. The molecule has 0 saturated heterocycles. The maximum absolute atomic E-state index is 4.14. The van der Waals surface area contributed by atoms with Gasteiger partial charge in [-0.25, -0.2) is 4.68 Å². The molecule has 6 heteroatoms. The highest BCUT2D eigenvalue weighted by atomic mass is 15.4. The van der Waals surface area contributed by atoms with Crippen molar-refractivity contribution in [3.63, 3.8) is 0 Å². The normalized spacial score (nSPS) is 11.1. The highest BCUT2D eigenvalue weighted by Gasteiger charge is 2.01. The molecule has 2 aromatic rings. The van der Waals surface area contributed by atoms with E-state index in [0.29, 0.717) is 5.95 Å². The molecule has 0 fully saturated rings. The van der Waals surface area contributed by atoms with Gasteiger partial charge in [0.15, 0.2) is 0 Å². The Bertz CT molecular complexity index is 539. The van der Waals surface area contributed by atoms with Crippen molar-refractivity contribution in [2.75, 3.05) is 18.0 Å². The summed E-state index contributed by atoms with van der Waals surface area (Å²) >= 11 is 0. The van der Waals surface area contributed by atoms with Crippen molar-refractivity contribution in [2.45, 2.75) is 13.8 Å². The Kier molecular flexibility index (Phi) is 4.22. The third-order valence-corrected chi connectivity index (χ3v) is 2.92. The zero-order valence-electron chi connectivity index (χ0n) is 11.5. The summed E-state index contributed by atoms with van der Waals surface area (Å²) in [4.78, 5) is 6.27. The Morgan fingerprint density at radius 2 is 1.79 bits per heavy atom. The van der Waals surface area contributed by atoms with Gasteiger partial charge >= 0.3 is 0 Å². The monoisotopic (exact) mass is 258 g/mol. The molecule has 1 aromatic carbocycles. The first-order valence-corrected chi connectivity index (χ1v) is 6.35. The molecule has 0 aliphatic rings. The van der Waals surface area contributed by atoms with Crippen LogP contribution < -0.4 is 4.90 Å². The number of hydrogen-bond acceptors (Lipinski definition) is 5. The van der Waals surface area contributed by atoms with Crippen LogP contribution in [0.4, 0.5) is 17.3 Å². The van der Waals surface area contributed by atoms with Crippen LogP contribution in [0.2, 0.25) is 0 Å². The first-order chi connectivity index (χ1) is 9.24. The summed E-state index contributed by atoms with van der Waals surface area (Å²) in [7, 11) is 1.78. The van der Waals surface area contributed by atoms with Crippen molar-refractivity contribution in [1.82, 2.24) is 14.8 Å². The van der Waals surface area contributed by atoms with Gasteiger partial charge in [-0.15, -0.1) is 10.2 Å². The molecule has 19 heavy (non-hydrogen) atoms. The van der Waals surface area contributed by atoms with Gasteiger partial charge in [0.2, 0.25) is 0 Å². The molecule has 0 radical (unpaired) electrons. The van der Waals surface area contributed by atoms with Crippen LogP contribution in [-0.2, 0) is 7.05 Å². The van der Waals surface area contributed by atoms with Gasteiger partial charge in [0.25, 0.3) is 5.95 Å². The lowest BCUT2D eigenvalue weighted by Crippen LogP contribution is -2.21. The van der Waals surface area contributed by atoms with Crippen LogP contribution in [0, 0.1) is 0 Å². The maximum atomic E-state index is 4.14. The molecule has 2 rings (SSSR count). The first kappa shape index (κ1) is 13.2. The van der Waals surface area contributed by atoms with E-state index in [2.05, 4.69) is 51.2 Å². The summed E-state index contributed by atoms with van der Waals surface area (Å²) in [6.07, 6.45) is 1.46. The molecule has 0 unspecified atom stereocenters. The number of hydrogen-bond donors (Lipinski definition) is 0. The Hall–Kier alpha value is -2.24. The summed E-state index contributed by atoms with van der Waals surface area (Å²) in [5.74, 6) is 0.493. The van der Waals surface area contributed by atoms with Crippen LogP contribution in [0.15, 0.2) is 40.8 Å². The van der Waals surface area contributed by atoms with Crippen LogP contribution >= 0.6 is 0 Å². The van der Waals surface area contributed by atoms with Crippen molar-refractivity contribution < 1.29 is 0 Å². The largest absolute Gasteiger partial charge is 0.372 e. The maximum Gasteiger partial charge on any atom is 0.267 e. The predicted octanol–water partition coefficient (Wildman–Crippen LogP) is 3.08. The second kappa shape index (κ2) is 6.08. The lowest BCUT2D eigenvalue weighted by atomic mass is 10.2. The third-order valence-electron chi connectivity index (χ3n) is 2.92. The van der Waals surface area contributed by atoms with Gasteiger partial charge in [-0.3, -0.25) is 0 Å². The van der Waals surface area contributed by atoms with Crippen molar-refractivity contribution >= 4 is 17.3 Å². The van der Waals surface area contributed by atoms with Crippen molar-refractivity contribution in [2.24, 2.45) is 17.3 Å². The van der Waals surface area contributed by atoms with Gasteiger partial charge in [-0.1, -0.05) is 0 Å². The highest BCUT2D eigenvalue weighted by Crippen LogP contribution is 2.21. The van der Waals surface area contributed by atoms with E-state index in [1.165, 1.54) is 12.0 Å². The van der Waals surface area contributed by atoms with E-state index in [-0.39, 0.29) is 0 Å². The average molecular weight is 258 g/mol. The van der Waals surface area contributed by atoms with Crippen molar-refractivity contribution in [1.29, 1.82) is 0 Å². The number of azo groups is 1. The predicted molar refractivity (Wildman–Crippen MR) is 75.2 cm³/mol. The molecule has 0 N–H and O–H groups in total. The lowest BCUT2D eigenvalue weighted by molar-refractivity contribution is 0.762. The first-order valence-electron chi connectivity index (χ1n) is 6.35. The zero-order chi connectivity index (χ0) is 13.7. The third kappa shape index (κ3) is 3.15. The Morgan fingerprint density at radius 1 is 1.11 bits per heavy atom. The molecule has 0 aliphatic heterocycles. The molecule has 0 aliphatic carbocycles. The summed E-state index contributed by atoms with van der Waals surface area (Å²) < 4.78 is 1.58. The number of rotatable bonds is 5. The van der Waals surface area contributed by atoms with E-state index in [4.69, 9.17) is 0 Å². The molecule has 0 spiro atoms. The minimum atomic E-state index is 0.493. The highest BCUT2D eigenvalue weighted by molar-refractivity contribution is 5.52. The molecule has 1 aromatic heterocycles. The summed E-state index contributed by atoms with van der Waals surface area (Å²) in [6, 6.07) is 8.01. The van der Waals surface area contributed by atoms with E-state index in [1.807, 2.05) is 12.1 Å².